The predicted octanol–water partition coefficient (Wildman–Crippen LogP) is 4.97. The first-order valence-electron chi connectivity index (χ1n) is 12.1. The van der Waals surface area contributed by atoms with Crippen molar-refractivity contribution in [1.29, 1.82) is 0 Å². The maximum atomic E-state index is 13.6. The lowest BCUT2D eigenvalue weighted by molar-refractivity contribution is 0.151. The van der Waals surface area contributed by atoms with Crippen LogP contribution in [0.4, 0.5) is 20.3 Å². The van der Waals surface area contributed by atoms with E-state index in [9.17, 15) is 8.78 Å². The van der Waals surface area contributed by atoms with Crippen molar-refractivity contribution in [2.45, 2.75) is 45.1 Å². The van der Waals surface area contributed by atoms with E-state index in [2.05, 4.69) is 19.8 Å². The van der Waals surface area contributed by atoms with Crippen LogP contribution < -0.4 is 15.4 Å². The molecule has 6 nitrogen and oxygen atoms in total. The molecule has 0 radical (unpaired) electrons. The molecule has 0 saturated carbocycles. The lowest BCUT2D eigenvalue weighted by Crippen LogP contribution is -2.32. The summed E-state index contributed by atoms with van der Waals surface area (Å²) in [7, 11) is 0. The largest absolute Gasteiger partial charge is 0.463 e. The van der Waals surface area contributed by atoms with Gasteiger partial charge < -0.3 is 20.3 Å². The third-order valence-corrected chi connectivity index (χ3v) is 6.83. The number of anilines is 2. The quantitative estimate of drug-likeness (QED) is 0.495. The summed E-state index contributed by atoms with van der Waals surface area (Å²) in [5, 5.41) is 1.76. The van der Waals surface area contributed by atoms with Gasteiger partial charge in [-0.05, 0) is 56.3 Å². The van der Waals surface area contributed by atoms with Crippen molar-refractivity contribution in [2.24, 2.45) is 0 Å². The molecule has 3 heterocycles. The number of likely N-dealkylation sites (tertiary alicyclic amines) is 1. The van der Waals surface area contributed by atoms with Crippen LogP contribution in [0.1, 0.15) is 48.9 Å². The molecule has 0 bridgehead atoms. The molecule has 180 valence electrons. The first-order valence-corrected chi connectivity index (χ1v) is 12.1. The summed E-state index contributed by atoms with van der Waals surface area (Å²) in [4.78, 5) is 13.6. The number of alkyl halides is 2. The predicted molar refractivity (Wildman–Crippen MR) is 131 cm³/mol. The summed E-state index contributed by atoms with van der Waals surface area (Å²) >= 11 is 0. The molecule has 3 aromatic rings. The van der Waals surface area contributed by atoms with E-state index < -0.39 is 6.43 Å². The Kier molecular flexibility index (Phi) is 6.76. The average Bonchev–Trinajstić information content (AvgIpc) is 2.86. The van der Waals surface area contributed by atoms with Gasteiger partial charge in [-0.2, -0.15) is 9.97 Å². The molecule has 0 atom stereocenters. The lowest BCUT2D eigenvalue weighted by Gasteiger charge is -2.32. The maximum absolute atomic E-state index is 13.6. The van der Waals surface area contributed by atoms with Crippen LogP contribution in [0, 0.1) is 0 Å². The number of hydrogen-bond donors (Lipinski definition) is 1. The van der Waals surface area contributed by atoms with E-state index in [0.29, 0.717) is 37.9 Å². The number of nitrogen functional groups attached to an aromatic ring is 1. The molecular weight excluding hydrogens is 436 g/mol. The van der Waals surface area contributed by atoms with Gasteiger partial charge in [0.15, 0.2) is 0 Å². The van der Waals surface area contributed by atoms with E-state index in [-0.39, 0.29) is 5.56 Å². The van der Waals surface area contributed by atoms with Gasteiger partial charge in [-0.25, -0.2) is 8.78 Å². The van der Waals surface area contributed by atoms with E-state index in [1.54, 1.807) is 12.1 Å². The van der Waals surface area contributed by atoms with Gasteiger partial charge in [-0.3, -0.25) is 0 Å². The number of ether oxygens (including phenoxy) is 1. The Bertz CT molecular complexity index is 1150. The second-order valence-electron chi connectivity index (χ2n) is 9.15. The fourth-order valence-corrected chi connectivity index (χ4v) is 5.04. The fraction of sp³-hybridized carbons (Fsp3) is 0.462. The van der Waals surface area contributed by atoms with Gasteiger partial charge in [-0.1, -0.05) is 30.7 Å². The second kappa shape index (κ2) is 10.1. The molecule has 0 amide bonds. The van der Waals surface area contributed by atoms with E-state index in [1.165, 1.54) is 32.4 Å². The number of hydrogen-bond acceptors (Lipinski definition) is 6. The zero-order valence-electron chi connectivity index (χ0n) is 19.4. The Labute approximate surface area is 198 Å². The van der Waals surface area contributed by atoms with Crippen LogP contribution >= 0.6 is 0 Å². The average molecular weight is 468 g/mol. The van der Waals surface area contributed by atoms with Crippen molar-refractivity contribution in [3.63, 3.8) is 0 Å². The Morgan fingerprint density at radius 1 is 1.03 bits per heavy atom. The van der Waals surface area contributed by atoms with Crippen molar-refractivity contribution in [1.82, 2.24) is 14.9 Å². The van der Waals surface area contributed by atoms with Gasteiger partial charge in [0.1, 0.15) is 5.82 Å². The number of piperidine rings is 1. The van der Waals surface area contributed by atoms with Crippen molar-refractivity contribution in [3.05, 3.63) is 53.2 Å². The maximum Gasteiger partial charge on any atom is 0.318 e. The van der Waals surface area contributed by atoms with Gasteiger partial charge in [0.2, 0.25) is 0 Å². The zero-order valence-corrected chi connectivity index (χ0v) is 19.4. The first kappa shape index (κ1) is 22.8. The van der Waals surface area contributed by atoms with Crippen molar-refractivity contribution >= 4 is 22.3 Å². The number of nitrogens with zero attached hydrogens (tertiary/aromatic N) is 4. The Morgan fingerprint density at radius 3 is 2.68 bits per heavy atom. The molecule has 2 aromatic carbocycles. The van der Waals surface area contributed by atoms with Crippen LogP contribution in [0.2, 0.25) is 0 Å². The van der Waals surface area contributed by atoms with Crippen LogP contribution in [-0.2, 0) is 13.0 Å². The molecule has 2 aliphatic heterocycles. The molecule has 0 unspecified atom stereocenters. The van der Waals surface area contributed by atoms with E-state index >= 15 is 0 Å². The van der Waals surface area contributed by atoms with Crippen molar-refractivity contribution in [3.8, 4) is 6.01 Å². The highest BCUT2D eigenvalue weighted by molar-refractivity contribution is 5.95. The van der Waals surface area contributed by atoms with Crippen molar-refractivity contribution in [2.75, 3.05) is 43.4 Å². The minimum absolute atomic E-state index is 0.0272. The summed E-state index contributed by atoms with van der Waals surface area (Å²) in [6.45, 7) is 5.02. The molecule has 2 aliphatic rings. The van der Waals surface area contributed by atoms with Crippen molar-refractivity contribution < 1.29 is 13.5 Å². The monoisotopic (exact) mass is 467 g/mol. The van der Waals surface area contributed by atoms with Gasteiger partial charge >= 0.3 is 6.01 Å². The SMILES string of the molecule is Nc1nc(OCCCN2CCCCC2)nc2c1CCN(c1cc(C(F)F)cc3ccccc13)C2. The summed E-state index contributed by atoms with van der Waals surface area (Å²) in [5.41, 5.74) is 8.79. The number of rotatable bonds is 7. The summed E-state index contributed by atoms with van der Waals surface area (Å²) in [6, 6.07) is 11.1. The van der Waals surface area contributed by atoms with Gasteiger partial charge in [-0.15, -0.1) is 0 Å². The molecule has 34 heavy (non-hydrogen) atoms. The van der Waals surface area contributed by atoms with E-state index in [4.69, 9.17) is 10.5 Å². The smallest absolute Gasteiger partial charge is 0.318 e. The van der Waals surface area contributed by atoms with Crippen LogP contribution in [0.15, 0.2) is 36.4 Å². The lowest BCUT2D eigenvalue weighted by atomic mass is 10.0. The minimum Gasteiger partial charge on any atom is -0.463 e. The molecule has 0 aliphatic carbocycles. The summed E-state index contributed by atoms with van der Waals surface area (Å²) in [6.07, 6.45) is 2.93. The van der Waals surface area contributed by atoms with Crippen LogP contribution in [0.3, 0.4) is 0 Å². The van der Waals surface area contributed by atoms with Gasteiger partial charge in [0.05, 0.1) is 18.8 Å². The number of fused-ring (bicyclic) bond motifs is 2. The number of halogens is 2. The van der Waals surface area contributed by atoms with Gasteiger partial charge in [0.25, 0.3) is 6.43 Å². The zero-order chi connectivity index (χ0) is 23.5. The summed E-state index contributed by atoms with van der Waals surface area (Å²) < 4.78 is 33.0. The molecule has 1 fully saturated rings. The van der Waals surface area contributed by atoms with Crippen LogP contribution in [0.5, 0.6) is 6.01 Å². The Morgan fingerprint density at radius 2 is 1.85 bits per heavy atom. The highest BCUT2D eigenvalue weighted by atomic mass is 19.3. The topological polar surface area (TPSA) is 67.5 Å². The summed E-state index contributed by atoms with van der Waals surface area (Å²) in [5.74, 6) is 0.446. The first-order chi connectivity index (χ1) is 16.6. The van der Waals surface area contributed by atoms with E-state index in [1.807, 2.05) is 24.3 Å². The van der Waals surface area contributed by atoms with E-state index in [0.717, 1.165) is 40.7 Å². The standard InChI is InChI=1S/C26H31F2N5O/c27-24(28)19-15-18-7-2-3-8-20(18)23(16-19)33-13-9-21-22(17-33)30-26(31-25(21)29)34-14-6-12-32-10-4-1-5-11-32/h2-3,7-8,15-16,24H,1,4-6,9-14,17H2,(H2,29,30,31). The van der Waals surface area contributed by atoms with Crippen LogP contribution in [0.25, 0.3) is 10.8 Å². The highest BCUT2D eigenvalue weighted by Crippen LogP contribution is 2.35. The van der Waals surface area contributed by atoms with Gasteiger partial charge in [0, 0.05) is 35.3 Å². The number of aromatic nitrogens is 2. The second-order valence-corrected chi connectivity index (χ2v) is 9.15. The highest BCUT2D eigenvalue weighted by Gasteiger charge is 2.24. The third-order valence-electron chi connectivity index (χ3n) is 6.83. The molecule has 5 rings (SSSR count). The molecule has 1 saturated heterocycles. The third kappa shape index (κ3) is 4.92. The molecule has 0 spiro atoms. The normalized spacial score (nSPS) is 16.7. The molecule has 8 heteroatoms. The molecular formula is C26H31F2N5O. The number of nitrogens with two attached hydrogens (primary N) is 1. The Hall–Kier alpha value is -3.00. The molecule has 1 aromatic heterocycles. The Balaban J connectivity index is 1.32. The fourth-order valence-electron chi connectivity index (χ4n) is 5.04. The molecule has 2 N–H and O–H groups in total. The number of benzene rings is 2. The van der Waals surface area contributed by atoms with Crippen LogP contribution in [-0.4, -0.2) is 47.7 Å². The minimum atomic E-state index is -2.52.